The van der Waals surface area contributed by atoms with Gasteiger partial charge in [0.1, 0.15) is 0 Å². The van der Waals surface area contributed by atoms with Crippen molar-refractivity contribution in [1.82, 2.24) is 4.98 Å². The number of rotatable bonds is 3. The number of hydrogen-bond acceptors (Lipinski definition) is 2. The highest BCUT2D eigenvalue weighted by Crippen LogP contribution is 2.29. The van der Waals surface area contributed by atoms with Gasteiger partial charge in [0, 0.05) is 28.5 Å². The number of halogens is 2. The molecular formula is C13H12Cl2N2. The van der Waals surface area contributed by atoms with Gasteiger partial charge in [-0.2, -0.15) is 0 Å². The Kier molecular flexibility index (Phi) is 3.87. The number of nitrogens with zero attached hydrogens (tertiary/aromatic N) is 2. The van der Waals surface area contributed by atoms with E-state index in [1.54, 1.807) is 12.3 Å². The third kappa shape index (κ3) is 2.90. The van der Waals surface area contributed by atoms with Crippen LogP contribution in [0.2, 0.25) is 10.0 Å². The van der Waals surface area contributed by atoms with Gasteiger partial charge in [0.15, 0.2) is 0 Å². The molecule has 2 nitrogen and oxygen atoms in total. The van der Waals surface area contributed by atoms with Gasteiger partial charge in [-0.05, 0) is 37.3 Å². The molecule has 0 atom stereocenters. The molecule has 0 unspecified atom stereocenters. The van der Waals surface area contributed by atoms with Gasteiger partial charge in [-0.3, -0.25) is 4.98 Å². The van der Waals surface area contributed by atoms with E-state index in [2.05, 4.69) is 16.8 Å². The molecular weight excluding hydrogens is 255 g/mol. The molecule has 1 aromatic heterocycles. The fraction of sp³-hybridized carbons (Fsp3) is 0.154. The molecule has 1 heterocycles. The van der Waals surface area contributed by atoms with Crippen LogP contribution >= 0.6 is 23.2 Å². The van der Waals surface area contributed by atoms with Crippen LogP contribution in [0, 0.1) is 0 Å². The Balaban J connectivity index is 2.42. The lowest BCUT2D eigenvalue weighted by Gasteiger charge is -2.23. The molecule has 0 aliphatic rings. The first-order valence-corrected chi connectivity index (χ1v) is 6.10. The van der Waals surface area contributed by atoms with Crippen LogP contribution in [0.3, 0.4) is 0 Å². The van der Waals surface area contributed by atoms with Crippen molar-refractivity contribution in [1.29, 1.82) is 0 Å². The van der Waals surface area contributed by atoms with E-state index in [1.807, 2.05) is 30.5 Å². The maximum Gasteiger partial charge on any atom is 0.0597 e. The lowest BCUT2D eigenvalue weighted by atomic mass is 10.2. The molecule has 2 rings (SSSR count). The summed E-state index contributed by atoms with van der Waals surface area (Å²) in [7, 11) is 0. The number of benzene rings is 1. The van der Waals surface area contributed by atoms with E-state index < -0.39 is 0 Å². The Hall–Kier alpha value is -1.25. The lowest BCUT2D eigenvalue weighted by Crippen LogP contribution is -2.16. The predicted molar refractivity (Wildman–Crippen MR) is 73.4 cm³/mol. The fourth-order valence-electron chi connectivity index (χ4n) is 1.72. The quantitative estimate of drug-likeness (QED) is 0.811. The minimum atomic E-state index is 0.634. The molecule has 0 aliphatic carbocycles. The second kappa shape index (κ2) is 5.39. The zero-order valence-corrected chi connectivity index (χ0v) is 10.9. The van der Waals surface area contributed by atoms with Crippen LogP contribution < -0.4 is 4.90 Å². The summed E-state index contributed by atoms with van der Waals surface area (Å²) in [5.41, 5.74) is 1.99. The molecule has 0 fully saturated rings. The van der Waals surface area contributed by atoms with Crippen molar-refractivity contribution in [3.63, 3.8) is 0 Å². The van der Waals surface area contributed by atoms with Gasteiger partial charge in [0.2, 0.25) is 0 Å². The molecule has 0 spiro atoms. The molecule has 88 valence electrons. The minimum absolute atomic E-state index is 0.634. The summed E-state index contributed by atoms with van der Waals surface area (Å²) in [6.45, 7) is 2.89. The first-order chi connectivity index (χ1) is 8.20. The largest absolute Gasteiger partial charge is 0.340 e. The summed E-state index contributed by atoms with van der Waals surface area (Å²) < 4.78 is 0. The van der Waals surface area contributed by atoms with Crippen molar-refractivity contribution >= 4 is 34.6 Å². The Morgan fingerprint density at radius 1 is 1.12 bits per heavy atom. The van der Waals surface area contributed by atoms with Gasteiger partial charge in [0.05, 0.1) is 11.9 Å². The van der Waals surface area contributed by atoms with E-state index in [0.717, 1.165) is 17.9 Å². The van der Waals surface area contributed by atoms with Crippen molar-refractivity contribution in [2.24, 2.45) is 0 Å². The maximum atomic E-state index is 6.01. The maximum absolute atomic E-state index is 6.01. The SMILES string of the molecule is CCN(c1cccnc1)c1cc(Cl)cc(Cl)c1. The van der Waals surface area contributed by atoms with Gasteiger partial charge in [-0.25, -0.2) is 0 Å². The Labute approximate surface area is 111 Å². The average molecular weight is 267 g/mol. The summed E-state index contributed by atoms with van der Waals surface area (Å²) in [5.74, 6) is 0. The Morgan fingerprint density at radius 2 is 1.82 bits per heavy atom. The van der Waals surface area contributed by atoms with Crippen LogP contribution in [-0.2, 0) is 0 Å². The van der Waals surface area contributed by atoms with Gasteiger partial charge in [-0.1, -0.05) is 23.2 Å². The summed E-state index contributed by atoms with van der Waals surface area (Å²) in [6.07, 6.45) is 3.57. The van der Waals surface area contributed by atoms with Crippen molar-refractivity contribution in [2.75, 3.05) is 11.4 Å². The van der Waals surface area contributed by atoms with Crippen molar-refractivity contribution in [3.8, 4) is 0 Å². The summed E-state index contributed by atoms with van der Waals surface area (Å²) in [5, 5.41) is 1.27. The first-order valence-electron chi connectivity index (χ1n) is 5.34. The highest BCUT2D eigenvalue weighted by molar-refractivity contribution is 6.35. The first kappa shape index (κ1) is 12.2. The van der Waals surface area contributed by atoms with Gasteiger partial charge in [0.25, 0.3) is 0 Å². The predicted octanol–water partition coefficient (Wildman–Crippen LogP) is 4.55. The molecule has 0 bridgehead atoms. The number of pyridine rings is 1. The van der Waals surface area contributed by atoms with E-state index in [4.69, 9.17) is 23.2 Å². The van der Waals surface area contributed by atoms with E-state index >= 15 is 0 Å². The average Bonchev–Trinajstić information content (AvgIpc) is 2.30. The molecule has 4 heteroatoms. The topological polar surface area (TPSA) is 16.1 Å². The van der Waals surface area contributed by atoms with Crippen molar-refractivity contribution < 1.29 is 0 Å². The van der Waals surface area contributed by atoms with Crippen LogP contribution in [0.1, 0.15) is 6.92 Å². The summed E-state index contributed by atoms with van der Waals surface area (Å²) in [4.78, 5) is 6.22. The monoisotopic (exact) mass is 266 g/mol. The van der Waals surface area contributed by atoms with Crippen molar-refractivity contribution in [2.45, 2.75) is 6.92 Å². The second-order valence-electron chi connectivity index (χ2n) is 3.58. The molecule has 0 saturated carbocycles. The Bertz CT molecular complexity index is 480. The summed E-state index contributed by atoms with van der Waals surface area (Å²) >= 11 is 12.0. The van der Waals surface area contributed by atoms with E-state index in [-0.39, 0.29) is 0 Å². The highest BCUT2D eigenvalue weighted by atomic mass is 35.5. The lowest BCUT2D eigenvalue weighted by molar-refractivity contribution is 1.02. The van der Waals surface area contributed by atoms with Crippen LogP contribution in [0.25, 0.3) is 0 Å². The minimum Gasteiger partial charge on any atom is -0.340 e. The fourth-order valence-corrected chi connectivity index (χ4v) is 2.24. The molecule has 1 aromatic carbocycles. The highest BCUT2D eigenvalue weighted by Gasteiger charge is 2.08. The molecule has 17 heavy (non-hydrogen) atoms. The normalized spacial score (nSPS) is 10.3. The van der Waals surface area contributed by atoms with Crippen LogP contribution in [-0.4, -0.2) is 11.5 Å². The third-order valence-electron chi connectivity index (χ3n) is 2.43. The van der Waals surface area contributed by atoms with E-state index in [9.17, 15) is 0 Å². The van der Waals surface area contributed by atoms with Crippen LogP contribution in [0.4, 0.5) is 11.4 Å². The zero-order valence-electron chi connectivity index (χ0n) is 9.40. The van der Waals surface area contributed by atoms with Gasteiger partial charge < -0.3 is 4.90 Å². The van der Waals surface area contributed by atoms with E-state index in [0.29, 0.717) is 10.0 Å². The number of hydrogen-bond donors (Lipinski definition) is 0. The smallest absolute Gasteiger partial charge is 0.0597 e. The number of aromatic nitrogens is 1. The molecule has 2 aromatic rings. The van der Waals surface area contributed by atoms with Gasteiger partial charge in [-0.15, -0.1) is 0 Å². The molecule has 0 amide bonds. The summed E-state index contributed by atoms with van der Waals surface area (Å²) in [6, 6.07) is 9.42. The second-order valence-corrected chi connectivity index (χ2v) is 4.46. The third-order valence-corrected chi connectivity index (χ3v) is 2.87. The number of anilines is 2. The molecule has 0 aliphatic heterocycles. The molecule has 0 N–H and O–H groups in total. The standard InChI is InChI=1S/C13H12Cl2N2/c1-2-17(12-4-3-5-16-9-12)13-7-10(14)6-11(15)8-13/h3-9H,2H2,1H3. The Morgan fingerprint density at radius 3 is 2.35 bits per heavy atom. The molecule has 0 radical (unpaired) electrons. The zero-order chi connectivity index (χ0) is 12.3. The van der Waals surface area contributed by atoms with E-state index in [1.165, 1.54) is 0 Å². The van der Waals surface area contributed by atoms with Gasteiger partial charge >= 0.3 is 0 Å². The van der Waals surface area contributed by atoms with Crippen LogP contribution in [0.15, 0.2) is 42.7 Å². The van der Waals surface area contributed by atoms with Crippen LogP contribution in [0.5, 0.6) is 0 Å². The molecule has 0 saturated heterocycles. The van der Waals surface area contributed by atoms with Crippen molar-refractivity contribution in [3.05, 3.63) is 52.8 Å².